The minimum Gasteiger partial charge on any atom is -0.398 e. The highest BCUT2D eigenvalue weighted by Gasteiger charge is 2.29. The highest BCUT2D eigenvalue weighted by atomic mass is 32.2. The zero-order chi connectivity index (χ0) is 14.2. The average molecular weight is 296 g/mol. The van der Waals surface area contributed by atoms with Crippen molar-refractivity contribution in [1.29, 1.82) is 0 Å². The van der Waals surface area contributed by atoms with E-state index >= 15 is 0 Å². The monoisotopic (exact) mass is 296 g/mol. The van der Waals surface area contributed by atoms with Gasteiger partial charge in [-0.1, -0.05) is 30.3 Å². The lowest BCUT2D eigenvalue weighted by atomic mass is 9.94. The fourth-order valence-electron chi connectivity index (χ4n) is 3.60. The molecule has 0 bridgehead atoms. The second-order valence-corrected chi connectivity index (χ2v) is 7.03. The highest BCUT2D eigenvalue weighted by molar-refractivity contribution is 7.99. The number of hydrogen-bond donors (Lipinski definition) is 1. The molecule has 108 valence electrons. The standard InChI is InChI=1S/C18H20N2S/c19-16-6-3-4-13-8-10-20(12-15(13)16)17-9-11-21-18-7-2-1-5-14(17)18/h1-7,17H,8-12,19H2. The van der Waals surface area contributed by atoms with Gasteiger partial charge in [-0.25, -0.2) is 0 Å². The summed E-state index contributed by atoms with van der Waals surface area (Å²) >= 11 is 1.99. The van der Waals surface area contributed by atoms with Crippen LogP contribution >= 0.6 is 11.8 Å². The summed E-state index contributed by atoms with van der Waals surface area (Å²) in [5, 5.41) is 0. The Kier molecular flexibility index (Phi) is 3.40. The maximum atomic E-state index is 6.20. The van der Waals surface area contributed by atoms with Crippen molar-refractivity contribution in [3.05, 3.63) is 59.2 Å². The van der Waals surface area contributed by atoms with Crippen LogP contribution in [0.4, 0.5) is 5.69 Å². The van der Waals surface area contributed by atoms with E-state index < -0.39 is 0 Å². The molecule has 2 aliphatic heterocycles. The Morgan fingerprint density at radius 3 is 2.95 bits per heavy atom. The summed E-state index contributed by atoms with van der Waals surface area (Å²) in [7, 11) is 0. The molecule has 2 heterocycles. The molecule has 0 radical (unpaired) electrons. The highest BCUT2D eigenvalue weighted by Crippen LogP contribution is 2.41. The molecule has 2 aliphatic rings. The van der Waals surface area contributed by atoms with Crippen LogP contribution in [0.2, 0.25) is 0 Å². The fraction of sp³-hybridized carbons (Fsp3) is 0.333. The van der Waals surface area contributed by atoms with E-state index in [4.69, 9.17) is 5.73 Å². The largest absolute Gasteiger partial charge is 0.398 e. The van der Waals surface area contributed by atoms with Crippen molar-refractivity contribution in [3.8, 4) is 0 Å². The van der Waals surface area contributed by atoms with Crippen molar-refractivity contribution in [3.63, 3.8) is 0 Å². The summed E-state index contributed by atoms with van der Waals surface area (Å²) < 4.78 is 0. The Balaban J connectivity index is 1.66. The first-order chi connectivity index (χ1) is 10.3. The van der Waals surface area contributed by atoms with Gasteiger partial charge in [0.25, 0.3) is 0 Å². The van der Waals surface area contributed by atoms with Crippen molar-refractivity contribution < 1.29 is 0 Å². The Bertz CT molecular complexity index is 668. The molecule has 4 rings (SSSR count). The van der Waals surface area contributed by atoms with Gasteiger partial charge in [0.15, 0.2) is 0 Å². The molecule has 0 spiro atoms. The van der Waals surface area contributed by atoms with Crippen LogP contribution in [0.5, 0.6) is 0 Å². The van der Waals surface area contributed by atoms with Gasteiger partial charge < -0.3 is 5.73 Å². The first kappa shape index (κ1) is 13.2. The first-order valence-electron chi connectivity index (χ1n) is 7.65. The van der Waals surface area contributed by atoms with Crippen LogP contribution in [0.25, 0.3) is 0 Å². The molecule has 3 heteroatoms. The maximum Gasteiger partial charge on any atom is 0.0370 e. The van der Waals surface area contributed by atoms with Gasteiger partial charge in [-0.15, -0.1) is 11.8 Å². The normalized spacial score (nSPS) is 21.6. The lowest BCUT2D eigenvalue weighted by Crippen LogP contribution is -2.36. The number of benzene rings is 2. The Labute approximate surface area is 130 Å². The van der Waals surface area contributed by atoms with Gasteiger partial charge >= 0.3 is 0 Å². The number of nitrogens with zero attached hydrogens (tertiary/aromatic N) is 1. The molecular weight excluding hydrogens is 276 g/mol. The Morgan fingerprint density at radius 2 is 2.00 bits per heavy atom. The third kappa shape index (κ3) is 2.34. The van der Waals surface area contributed by atoms with Gasteiger partial charge in [0.05, 0.1) is 0 Å². The number of nitrogen functional groups attached to an aromatic ring is 1. The van der Waals surface area contributed by atoms with Crippen molar-refractivity contribution >= 4 is 17.4 Å². The molecule has 0 aliphatic carbocycles. The van der Waals surface area contributed by atoms with Crippen LogP contribution in [-0.4, -0.2) is 17.2 Å². The van der Waals surface area contributed by atoms with Crippen LogP contribution in [0, 0.1) is 0 Å². The summed E-state index contributed by atoms with van der Waals surface area (Å²) in [6.45, 7) is 2.13. The third-order valence-corrected chi connectivity index (χ3v) is 5.83. The van der Waals surface area contributed by atoms with E-state index in [1.165, 1.54) is 33.8 Å². The molecule has 0 aromatic heterocycles. The van der Waals surface area contributed by atoms with E-state index in [2.05, 4.69) is 41.3 Å². The molecule has 2 aromatic rings. The first-order valence-corrected chi connectivity index (χ1v) is 8.63. The molecule has 0 saturated heterocycles. The van der Waals surface area contributed by atoms with Crippen LogP contribution in [0.3, 0.4) is 0 Å². The van der Waals surface area contributed by atoms with Gasteiger partial charge in [0.1, 0.15) is 0 Å². The molecular formula is C18H20N2S. The lowest BCUT2D eigenvalue weighted by molar-refractivity contribution is 0.172. The predicted molar refractivity (Wildman–Crippen MR) is 89.5 cm³/mol. The molecule has 2 N–H and O–H groups in total. The van der Waals surface area contributed by atoms with Crippen molar-refractivity contribution in [2.75, 3.05) is 18.0 Å². The molecule has 0 amide bonds. The smallest absolute Gasteiger partial charge is 0.0370 e. The second kappa shape index (κ2) is 5.39. The van der Waals surface area contributed by atoms with Crippen molar-refractivity contribution in [1.82, 2.24) is 4.90 Å². The SMILES string of the molecule is Nc1cccc2c1CN(C1CCSc3ccccc31)CC2. The van der Waals surface area contributed by atoms with Crippen molar-refractivity contribution in [2.24, 2.45) is 0 Å². The molecule has 2 nitrogen and oxygen atoms in total. The molecule has 0 fully saturated rings. The van der Waals surface area contributed by atoms with E-state index in [9.17, 15) is 0 Å². The van der Waals surface area contributed by atoms with E-state index in [1.807, 2.05) is 17.8 Å². The van der Waals surface area contributed by atoms with E-state index in [0.717, 1.165) is 25.2 Å². The second-order valence-electron chi connectivity index (χ2n) is 5.90. The van der Waals surface area contributed by atoms with Crippen molar-refractivity contribution in [2.45, 2.75) is 30.3 Å². The minimum absolute atomic E-state index is 0.551. The number of nitrogens with two attached hydrogens (primary N) is 1. The van der Waals surface area contributed by atoms with Gasteiger partial charge in [0.2, 0.25) is 0 Å². The van der Waals surface area contributed by atoms with E-state index in [1.54, 1.807) is 0 Å². The van der Waals surface area contributed by atoms with E-state index in [-0.39, 0.29) is 0 Å². The lowest BCUT2D eigenvalue weighted by Gasteiger charge is -2.38. The van der Waals surface area contributed by atoms with Gasteiger partial charge in [-0.3, -0.25) is 4.90 Å². The van der Waals surface area contributed by atoms with Crippen LogP contribution in [-0.2, 0) is 13.0 Å². The molecule has 21 heavy (non-hydrogen) atoms. The number of hydrogen-bond acceptors (Lipinski definition) is 3. The Morgan fingerprint density at radius 1 is 1.10 bits per heavy atom. The zero-order valence-electron chi connectivity index (χ0n) is 12.1. The summed E-state index contributed by atoms with van der Waals surface area (Å²) in [4.78, 5) is 4.08. The third-order valence-electron chi connectivity index (χ3n) is 4.71. The summed E-state index contributed by atoms with van der Waals surface area (Å²) in [6.07, 6.45) is 2.36. The van der Waals surface area contributed by atoms with Crippen LogP contribution in [0.1, 0.15) is 29.2 Å². The maximum absolute atomic E-state index is 6.20. The number of fused-ring (bicyclic) bond motifs is 2. The fourth-order valence-corrected chi connectivity index (χ4v) is 4.70. The summed E-state index contributed by atoms with van der Waals surface area (Å²) in [5.41, 5.74) is 11.4. The Hall–Kier alpha value is -1.45. The molecule has 1 unspecified atom stereocenters. The number of rotatable bonds is 1. The number of thioether (sulfide) groups is 1. The van der Waals surface area contributed by atoms with Gasteiger partial charge in [-0.05, 0) is 47.4 Å². The molecule has 2 aromatic carbocycles. The quantitative estimate of drug-likeness (QED) is 0.810. The topological polar surface area (TPSA) is 29.3 Å². The van der Waals surface area contributed by atoms with Crippen LogP contribution < -0.4 is 5.73 Å². The van der Waals surface area contributed by atoms with Crippen LogP contribution in [0.15, 0.2) is 47.4 Å². The van der Waals surface area contributed by atoms with Gasteiger partial charge in [-0.2, -0.15) is 0 Å². The molecule has 0 saturated carbocycles. The van der Waals surface area contributed by atoms with E-state index in [0.29, 0.717) is 6.04 Å². The molecule has 1 atom stereocenters. The van der Waals surface area contributed by atoms with Gasteiger partial charge in [0, 0.05) is 29.7 Å². The zero-order valence-corrected chi connectivity index (χ0v) is 12.9. The minimum atomic E-state index is 0.551. The summed E-state index contributed by atoms with van der Waals surface area (Å²) in [5.74, 6) is 1.22. The number of anilines is 1. The predicted octanol–water partition coefficient (Wildman–Crippen LogP) is 3.86. The average Bonchev–Trinajstić information content (AvgIpc) is 2.54. The summed E-state index contributed by atoms with van der Waals surface area (Å²) in [6, 6.07) is 15.8.